The van der Waals surface area contributed by atoms with Gasteiger partial charge in [-0.1, -0.05) is 26.0 Å². The van der Waals surface area contributed by atoms with Crippen LogP contribution in [0.4, 0.5) is 0 Å². The Labute approximate surface area is 116 Å². The Bertz CT molecular complexity index is 480. The van der Waals surface area contributed by atoms with Crippen LogP contribution in [0.15, 0.2) is 24.3 Å². The van der Waals surface area contributed by atoms with Crippen LogP contribution in [0.3, 0.4) is 0 Å². The summed E-state index contributed by atoms with van der Waals surface area (Å²) < 4.78 is 29.2. The number of sulfone groups is 1. The third kappa shape index (κ3) is 5.20. The molecule has 0 aliphatic rings. The minimum Gasteiger partial charge on any atom is -0.497 e. The lowest BCUT2D eigenvalue weighted by molar-refractivity contribution is 0.414. The molecule has 0 aliphatic heterocycles. The molecule has 1 aromatic carbocycles. The second kappa shape index (κ2) is 6.91. The summed E-state index contributed by atoms with van der Waals surface area (Å²) in [5.74, 6) is 1.26. The lowest BCUT2D eigenvalue weighted by Crippen LogP contribution is -2.27. The molecule has 0 amide bonds. The van der Waals surface area contributed by atoms with E-state index in [1.807, 2.05) is 38.1 Å². The maximum absolute atomic E-state index is 12.0. The van der Waals surface area contributed by atoms with Gasteiger partial charge in [-0.2, -0.15) is 0 Å². The molecule has 0 saturated heterocycles. The van der Waals surface area contributed by atoms with Crippen molar-refractivity contribution in [1.82, 2.24) is 5.32 Å². The highest BCUT2D eigenvalue weighted by atomic mass is 32.2. The molecule has 1 aromatic rings. The molecule has 5 heteroatoms. The third-order valence-corrected chi connectivity index (χ3v) is 4.89. The SMILES string of the molecule is CNC(CS(=O)(=O)CC(C)C)c1ccc(OC)cc1. The predicted octanol–water partition coefficient (Wildman–Crippen LogP) is 2.03. The summed E-state index contributed by atoms with van der Waals surface area (Å²) in [7, 11) is 0.337. The summed E-state index contributed by atoms with van der Waals surface area (Å²) in [5.41, 5.74) is 0.954. The molecule has 0 heterocycles. The molecule has 0 bridgehead atoms. The van der Waals surface area contributed by atoms with Crippen LogP contribution in [0.2, 0.25) is 0 Å². The Morgan fingerprint density at radius 3 is 2.16 bits per heavy atom. The summed E-state index contributed by atoms with van der Waals surface area (Å²) in [5, 5.41) is 3.07. The zero-order chi connectivity index (χ0) is 14.5. The van der Waals surface area contributed by atoms with Gasteiger partial charge < -0.3 is 10.1 Å². The molecule has 0 saturated carbocycles. The summed E-state index contributed by atoms with van der Waals surface area (Å²) in [6, 6.07) is 7.29. The van der Waals surface area contributed by atoms with Crippen LogP contribution in [0, 0.1) is 5.92 Å². The highest BCUT2D eigenvalue weighted by molar-refractivity contribution is 7.91. The second-order valence-corrected chi connectivity index (χ2v) is 7.24. The fourth-order valence-corrected chi connectivity index (χ4v) is 4.03. The fraction of sp³-hybridized carbons (Fsp3) is 0.571. The van der Waals surface area contributed by atoms with Crippen LogP contribution in [0.5, 0.6) is 5.75 Å². The molecule has 0 radical (unpaired) electrons. The number of benzene rings is 1. The largest absolute Gasteiger partial charge is 0.497 e. The topological polar surface area (TPSA) is 55.4 Å². The van der Waals surface area contributed by atoms with Crippen molar-refractivity contribution in [3.63, 3.8) is 0 Å². The zero-order valence-corrected chi connectivity index (χ0v) is 12.8. The molecule has 1 N–H and O–H groups in total. The van der Waals surface area contributed by atoms with Crippen LogP contribution in [-0.4, -0.2) is 34.1 Å². The van der Waals surface area contributed by atoms with Crippen molar-refractivity contribution in [3.8, 4) is 5.75 Å². The van der Waals surface area contributed by atoms with Crippen molar-refractivity contribution < 1.29 is 13.2 Å². The van der Waals surface area contributed by atoms with Crippen LogP contribution in [0.25, 0.3) is 0 Å². The van der Waals surface area contributed by atoms with Gasteiger partial charge in [0.1, 0.15) is 5.75 Å². The van der Waals surface area contributed by atoms with Crippen LogP contribution in [-0.2, 0) is 9.84 Å². The Kier molecular flexibility index (Phi) is 5.82. The Morgan fingerprint density at radius 2 is 1.74 bits per heavy atom. The molecule has 0 fully saturated rings. The molecule has 0 spiro atoms. The van der Waals surface area contributed by atoms with E-state index in [4.69, 9.17) is 4.74 Å². The van der Waals surface area contributed by atoms with Crippen LogP contribution >= 0.6 is 0 Å². The average Bonchev–Trinajstić information content (AvgIpc) is 2.34. The van der Waals surface area contributed by atoms with E-state index < -0.39 is 9.84 Å². The van der Waals surface area contributed by atoms with Crippen molar-refractivity contribution in [2.75, 3.05) is 25.7 Å². The predicted molar refractivity (Wildman–Crippen MR) is 78.3 cm³/mol. The van der Waals surface area contributed by atoms with E-state index in [1.54, 1.807) is 14.2 Å². The number of hydrogen-bond acceptors (Lipinski definition) is 4. The van der Waals surface area contributed by atoms with Gasteiger partial charge in [-0.15, -0.1) is 0 Å². The van der Waals surface area contributed by atoms with Crippen LogP contribution in [0.1, 0.15) is 25.5 Å². The highest BCUT2D eigenvalue weighted by Crippen LogP contribution is 2.19. The Hall–Kier alpha value is -1.07. The van der Waals surface area contributed by atoms with Crippen molar-refractivity contribution in [1.29, 1.82) is 0 Å². The summed E-state index contributed by atoms with van der Waals surface area (Å²) in [6.45, 7) is 3.83. The normalized spacial score (nSPS) is 13.5. The molecular formula is C14H23NO3S. The first-order valence-electron chi connectivity index (χ1n) is 6.39. The number of nitrogens with one attached hydrogen (secondary N) is 1. The minimum absolute atomic E-state index is 0.119. The summed E-state index contributed by atoms with van der Waals surface area (Å²) >= 11 is 0. The Balaban J connectivity index is 2.82. The first kappa shape index (κ1) is 16.0. The van der Waals surface area contributed by atoms with Gasteiger partial charge in [-0.3, -0.25) is 0 Å². The molecular weight excluding hydrogens is 262 g/mol. The molecule has 4 nitrogen and oxygen atoms in total. The van der Waals surface area contributed by atoms with E-state index in [-0.39, 0.29) is 23.5 Å². The molecule has 19 heavy (non-hydrogen) atoms. The lowest BCUT2D eigenvalue weighted by Gasteiger charge is -2.18. The van der Waals surface area contributed by atoms with E-state index in [9.17, 15) is 8.42 Å². The van der Waals surface area contributed by atoms with Gasteiger partial charge in [0.05, 0.1) is 18.6 Å². The summed E-state index contributed by atoms with van der Waals surface area (Å²) in [6.07, 6.45) is 0. The number of hydrogen-bond donors (Lipinski definition) is 1. The van der Waals surface area contributed by atoms with Gasteiger partial charge in [0.15, 0.2) is 9.84 Å². The van der Waals surface area contributed by atoms with Crippen LogP contribution < -0.4 is 10.1 Å². The van der Waals surface area contributed by atoms with Crippen molar-refractivity contribution >= 4 is 9.84 Å². The second-order valence-electron chi connectivity index (χ2n) is 5.09. The average molecular weight is 285 g/mol. The third-order valence-electron chi connectivity index (χ3n) is 2.87. The van der Waals surface area contributed by atoms with E-state index in [0.29, 0.717) is 0 Å². The van der Waals surface area contributed by atoms with Gasteiger partial charge in [-0.25, -0.2) is 8.42 Å². The lowest BCUT2D eigenvalue weighted by atomic mass is 10.1. The number of methoxy groups -OCH3 is 1. The minimum atomic E-state index is -3.05. The molecule has 1 rings (SSSR count). The Morgan fingerprint density at radius 1 is 1.16 bits per heavy atom. The maximum Gasteiger partial charge on any atom is 0.152 e. The van der Waals surface area contributed by atoms with Crippen molar-refractivity contribution in [3.05, 3.63) is 29.8 Å². The monoisotopic (exact) mass is 285 g/mol. The van der Waals surface area contributed by atoms with E-state index >= 15 is 0 Å². The zero-order valence-electron chi connectivity index (χ0n) is 12.0. The highest BCUT2D eigenvalue weighted by Gasteiger charge is 2.20. The van der Waals surface area contributed by atoms with Gasteiger partial charge in [0, 0.05) is 6.04 Å². The van der Waals surface area contributed by atoms with Gasteiger partial charge in [-0.05, 0) is 30.7 Å². The number of ether oxygens (including phenoxy) is 1. The fourth-order valence-electron chi connectivity index (χ4n) is 2.01. The quantitative estimate of drug-likeness (QED) is 0.833. The molecule has 1 unspecified atom stereocenters. The molecule has 108 valence electrons. The standard InChI is InChI=1S/C14H23NO3S/c1-11(2)9-19(16,17)10-14(15-3)12-5-7-13(18-4)8-6-12/h5-8,11,14-15H,9-10H2,1-4H3. The smallest absolute Gasteiger partial charge is 0.152 e. The molecule has 0 aliphatic carbocycles. The number of rotatable bonds is 7. The van der Waals surface area contributed by atoms with E-state index in [1.165, 1.54) is 0 Å². The van der Waals surface area contributed by atoms with Crippen molar-refractivity contribution in [2.45, 2.75) is 19.9 Å². The van der Waals surface area contributed by atoms with Crippen molar-refractivity contribution in [2.24, 2.45) is 5.92 Å². The van der Waals surface area contributed by atoms with E-state index in [0.717, 1.165) is 11.3 Å². The summed E-state index contributed by atoms with van der Waals surface area (Å²) in [4.78, 5) is 0. The van der Waals surface area contributed by atoms with Gasteiger partial charge >= 0.3 is 0 Å². The molecule has 1 atom stereocenters. The first-order valence-corrected chi connectivity index (χ1v) is 8.21. The van der Waals surface area contributed by atoms with E-state index in [2.05, 4.69) is 5.32 Å². The van der Waals surface area contributed by atoms with Gasteiger partial charge in [0.2, 0.25) is 0 Å². The maximum atomic E-state index is 12.0. The van der Waals surface area contributed by atoms with Gasteiger partial charge in [0.25, 0.3) is 0 Å². The molecule has 0 aromatic heterocycles. The first-order chi connectivity index (χ1) is 8.88.